The van der Waals surface area contributed by atoms with Crippen LogP contribution in [0.1, 0.15) is 36.8 Å². The highest BCUT2D eigenvalue weighted by Crippen LogP contribution is 2.22. The number of carbonyl (C=O) groups excluding carboxylic acids is 4. The van der Waals surface area contributed by atoms with Crippen molar-refractivity contribution in [2.24, 2.45) is 11.5 Å². The van der Waals surface area contributed by atoms with Crippen LogP contribution in [0.5, 0.6) is 5.75 Å². The zero-order chi connectivity index (χ0) is 27.2. The number of rotatable bonds is 9. The molecule has 4 atom stereocenters. The molecule has 2 fully saturated rings. The molecule has 4 rings (SSSR count). The van der Waals surface area contributed by atoms with Crippen LogP contribution in [0.15, 0.2) is 54.6 Å². The summed E-state index contributed by atoms with van der Waals surface area (Å²) >= 11 is 0. The van der Waals surface area contributed by atoms with E-state index < -0.39 is 36.0 Å². The van der Waals surface area contributed by atoms with Crippen molar-refractivity contribution >= 4 is 23.6 Å². The minimum absolute atomic E-state index is 0.126. The van der Waals surface area contributed by atoms with Crippen LogP contribution < -0.4 is 16.8 Å². The van der Waals surface area contributed by atoms with Crippen LogP contribution in [-0.2, 0) is 32.0 Å². The highest BCUT2D eigenvalue weighted by molar-refractivity contribution is 5.95. The van der Waals surface area contributed by atoms with Gasteiger partial charge in [-0.1, -0.05) is 42.5 Å². The van der Waals surface area contributed by atoms with Crippen LogP contribution in [0.2, 0.25) is 0 Å². The summed E-state index contributed by atoms with van der Waals surface area (Å²) in [5.74, 6) is -1.55. The Bertz CT molecular complexity index is 1160. The maximum Gasteiger partial charge on any atom is 0.246 e. The molecule has 38 heavy (non-hydrogen) atoms. The normalized spacial score (nSPS) is 20.7. The molecule has 2 heterocycles. The Kier molecular flexibility index (Phi) is 8.62. The number of nitrogens with two attached hydrogens (primary N) is 2. The summed E-state index contributed by atoms with van der Waals surface area (Å²) in [6, 6.07) is 12.6. The Balaban J connectivity index is 1.47. The van der Waals surface area contributed by atoms with Crippen molar-refractivity contribution in [3.05, 3.63) is 65.7 Å². The van der Waals surface area contributed by atoms with E-state index >= 15 is 0 Å². The van der Waals surface area contributed by atoms with Crippen molar-refractivity contribution in [1.82, 2.24) is 15.1 Å². The van der Waals surface area contributed by atoms with Gasteiger partial charge in [0, 0.05) is 19.5 Å². The summed E-state index contributed by atoms with van der Waals surface area (Å²) in [7, 11) is 0. The predicted molar refractivity (Wildman–Crippen MR) is 141 cm³/mol. The fraction of sp³-hybridized carbons (Fsp3) is 0.429. The largest absolute Gasteiger partial charge is 0.508 e. The maximum atomic E-state index is 13.6. The van der Waals surface area contributed by atoms with Crippen molar-refractivity contribution in [2.45, 2.75) is 62.7 Å². The number of carbonyl (C=O) groups is 4. The summed E-state index contributed by atoms with van der Waals surface area (Å²) in [6.07, 6.45) is 2.77. The van der Waals surface area contributed by atoms with E-state index in [1.54, 1.807) is 12.1 Å². The van der Waals surface area contributed by atoms with Gasteiger partial charge in [-0.2, -0.15) is 0 Å². The number of phenols is 1. The summed E-state index contributed by atoms with van der Waals surface area (Å²) in [5, 5.41) is 12.4. The van der Waals surface area contributed by atoms with Gasteiger partial charge in [0.15, 0.2) is 0 Å². The SMILES string of the molecule is NC(=O)[C@H]1CCCN1C(=O)C(Cc1ccccc1)NC(=O)C1CCCN1C(=O)C(N)Cc1ccc(O)cc1. The summed E-state index contributed by atoms with van der Waals surface area (Å²) in [6.45, 7) is 0.793. The standard InChI is InChI=1S/C28H35N5O5/c29-21(16-19-10-12-20(34)13-11-19)27(37)33-15-5-9-24(33)26(36)31-22(17-18-6-2-1-3-7-18)28(38)32-14-4-8-23(32)25(30)35/h1-3,6-7,10-13,21-24,34H,4-5,8-9,14-17,29H2,(H2,30,35)(H,31,36)/t21?,22?,23-,24?/m1/s1. The molecule has 3 unspecified atom stereocenters. The fourth-order valence-corrected chi connectivity index (χ4v) is 5.33. The number of hydrogen-bond acceptors (Lipinski definition) is 6. The van der Waals surface area contributed by atoms with Crippen LogP contribution in [0, 0.1) is 0 Å². The van der Waals surface area contributed by atoms with Crippen molar-refractivity contribution in [3.8, 4) is 5.75 Å². The third kappa shape index (κ3) is 6.31. The first-order valence-corrected chi connectivity index (χ1v) is 13.0. The van der Waals surface area contributed by atoms with Crippen LogP contribution in [0.3, 0.4) is 0 Å². The molecule has 2 aromatic rings. The second-order valence-corrected chi connectivity index (χ2v) is 10.0. The van der Waals surface area contributed by atoms with E-state index in [0.717, 1.165) is 11.1 Å². The molecule has 2 aromatic carbocycles. The molecular weight excluding hydrogens is 486 g/mol. The molecule has 4 amide bonds. The zero-order valence-electron chi connectivity index (χ0n) is 21.3. The number of likely N-dealkylation sites (tertiary alicyclic amines) is 2. The van der Waals surface area contributed by atoms with Gasteiger partial charge in [0.2, 0.25) is 23.6 Å². The van der Waals surface area contributed by atoms with Gasteiger partial charge in [0.1, 0.15) is 23.9 Å². The van der Waals surface area contributed by atoms with Crippen LogP contribution in [0.4, 0.5) is 0 Å². The van der Waals surface area contributed by atoms with Crippen molar-refractivity contribution < 1.29 is 24.3 Å². The summed E-state index contributed by atoms with van der Waals surface area (Å²) in [4.78, 5) is 55.1. The molecule has 0 spiro atoms. The number of hydrogen-bond donors (Lipinski definition) is 4. The van der Waals surface area contributed by atoms with Crippen molar-refractivity contribution in [2.75, 3.05) is 13.1 Å². The number of nitrogens with one attached hydrogen (secondary N) is 1. The topological polar surface area (TPSA) is 159 Å². The Morgan fingerprint density at radius 2 is 1.42 bits per heavy atom. The van der Waals surface area contributed by atoms with Crippen LogP contribution >= 0.6 is 0 Å². The summed E-state index contributed by atoms with van der Waals surface area (Å²) in [5.41, 5.74) is 13.4. The first-order valence-electron chi connectivity index (χ1n) is 13.0. The molecular formula is C28H35N5O5. The molecule has 10 nitrogen and oxygen atoms in total. The van der Waals surface area contributed by atoms with Gasteiger partial charge in [0.25, 0.3) is 0 Å². The van der Waals surface area contributed by atoms with E-state index in [2.05, 4.69) is 5.32 Å². The van der Waals surface area contributed by atoms with E-state index in [9.17, 15) is 24.3 Å². The average molecular weight is 522 g/mol. The van der Waals surface area contributed by atoms with Crippen molar-refractivity contribution in [3.63, 3.8) is 0 Å². The number of benzene rings is 2. The molecule has 2 aliphatic rings. The van der Waals surface area contributed by atoms with Gasteiger partial charge >= 0.3 is 0 Å². The molecule has 0 aliphatic carbocycles. The van der Waals surface area contributed by atoms with E-state index in [1.165, 1.54) is 21.9 Å². The van der Waals surface area contributed by atoms with E-state index in [4.69, 9.17) is 11.5 Å². The van der Waals surface area contributed by atoms with Crippen molar-refractivity contribution in [1.29, 1.82) is 0 Å². The Labute approximate surface area is 222 Å². The highest BCUT2D eigenvalue weighted by atomic mass is 16.3. The monoisotopic (exact) mass is 521 g/mol. The summed E-state index contributed by atoms with van der Waals surface area (Å²) < 4.78 is 0. The minimum Gasteiger partial charge on any atom is -0.508 e. The van der Waals surface area contributed by atoms with Gasteiger partial charge in [-0.15, -0.1) is 0 Å². The second-order valence-electron chi connectivity index (χ2n) is 10.0. The zero-order valence-corrected chi connectivity index (χ0v) is 21.3. The van der Waals surface area contributed by atoms with E-state index in [1.807, 2.05) is 30.3 Å². The molecule has 2 saturated heterocycles. The number of amides is 4. The third-order valence-electron chi connectivity index (χ3n) is 7.31. The minimum atomic E-state index is -0.909. The lowest BCUT2D eigenvalue weighted by atomic mass is 10.0. The molecule has 0 radical (unpaired) electrons. The lowest BCUT2D eigenvalue weighted by molar-refractivity contribution is -0.143. The van der Waals surface area contributed by atoms with E-state index in [-0.39, 0.29) is 30.4 Å². The highest BCUT2D eigenvalue weighted by Gasteiger charge is 2.40. The van der Waals surface area contributed by atoms with Crippen LogP contribution in [-0.4, -0.2) is 75.8 Å². The lowest BCUT2D eigenvalue weighted by Crippen LogP contribution is -2.57. The molecule has 202 valence electrons. The average Bonchev–Trinajstić information content (AvgIpc) is 3.60. The molecule has 0 bridgehead atoms. The molecule has 6 N–H and O–H groups in total. The lowest BCUT2D eigenvalue weighted by Gasteiger charge is -2.31. The Hall–Kier alpha value is -3.92. The predicted octanol–water partition coefficient (Wildman–Crippen LogP) is 0.457. The Morgan fingerprint density at radius 1 is 0.842 bits per heavy atom. The Morgan fingerprint density at radius 3 is 2.05 bits per heavy atom. The smallest absolute Gasteiger partial charge is 0.246 e. The van der Waals surface area contributed by atoms with Crippen LogP contribution in [0.25, 0.3) is 0 Å². The number of aromatic hydroxyl groups is 1. The molecule has 0 aromatic heterocycles. The molecule has 0 saturated carbocycles. The quantitative estimate of drug-likeness (QED) is 0.375. The fourth-order valence-electron chi connectivity index (χ4n) is 5.33. The number of primary amides is 1. The number of nitrogens with zero attached hydrogens (tertiary/aromatic N) is 2. The third-order valence-corrected chi connectivity index (χ3v) is 7.31. The maximum absolute atomic E-state index is 13.6. The van der Waals surface area contributed by atoms with Gasteiger partial charge in [-0.3, -0.25) is 19.2 Å². The van der Waals surface area contributed by atoms with Gasteiger partial charge in [0.05, 0.1) is 6.04 Å². The van der Waals surface area contributed by atoms with E-state index in [0.29, 0.717) is 38.8 Å². The van der Waals surface area contributed by atoms with Gasteiger partial charge in [-0.25, -0.2) is 0 Å². The van der Waals surface area contributed by atoms with Gasteiger partial charge in [-0.05, 0) is 55.4 Å². The first kappa shape index (κ1) is 27.1. The molecule has 10 heteroatoms. The first-order chi connectivity index (χ1) is 18.2. The second kappa shape index (κ2) is 12.1. The van der Waals surface area contributed by atoms with Gasteiger partial charge < -0.3 is 31.7 Å². The molecule has 2 aliphatic heterocycles. The number of phenolic OH excluding ortho intramolecular Hbond substituents is 1.